The molecule has 3 aromatic rings. The van der Waals surface area contributed by atoms with Crippen LogP contribution in [0.25, 0.3) is 10.9 Å². The van der Waals surface area contributed by atoms with Crippen LogP contribution in [0.15, 0.2) is 52.4 Å². The first kappa shape index (κ1) is 20.7. The number of aliphatic imine (C=N–C) groups is 1. The molecule has 0 atom stereocenters. The Bertz CT molecular complexity index is 1140. The van der Waals surface area contributed by atoms with E-state index in [-0.39, 0.29) is 43.7 Å². The number of benzene rings is 2. The Hall–Kier alpha value is -2.02. The molecule has 4 rings (SSSR count). The Morgan fingerprint density at radius 3 is 2.79 bits per heavy atom. The van der Waals surface area contributed by atoms with Crippen molar-refractivity contribution >= 4 is 39.9 Å². The maximum Gasteiger partial charge on any atom is 0.255 e. The maximum absolute atomic E-state index is 12.9. The Morgan fingerprint density at radius 1 is 1.32 bits per heavy atom. The van der Waals surface area contributed by atoms with Crippen molar-refractivity contribution < 1.29 is 37.5 Å². The summed E-state index contributed by atoms with van der Waals surface area (Å²) in [5.41, 5.74) is 2.19. The van der Waals surface area contributed by atoms with Crippen molar-refractivity contribution in [3.63, 3.8) is 0 Å². The minimum Gasteiger partial charge on any atom is -0.394 e. The number of halogens is 1. The monoisotopic (exact) mass is 468 g/mol. The summed E-state index contributed by atoms with van der Waals surface area (Å²) >= 11 is 5.87. The van der Waals surface area contributed by atoms with Crippen LogP contribution in [0.1, 0.15) is 15.9 Å². The van der Waals surface area contributed by atoms with Crippen molar-refractivity contribution in [2.45, 2.75) is 13.1 Å². The van der Waals surface area contributed by atoms with Gasteiger partial charge in [0.2, 0.25) is 0 Å². The average molecular weight is 469 g/mol. The molecule has 8 heteroatoms. The largest absolute Gasteiger partial charge is 0.394 e. The third-order valence-corrected chi connectivity index (χ3v) is 4.76. The number of aromatic nitrogens is 1. The molecule has 1 radical (unpaired) electrons. The van der Waals surface area contributed by atoms with Crippen LogP contribution in [-0.4, -0.2) is 23.4 Å². The number of carbonyl (C=O) groups excluding carboxylic acids is 1. The number of hydrogen-bond donors (Lipinski definition) is 2. The fraction of sp³-hybridized carbons (Fsp3) is 0.150. The van der Waals surface area contributed by atoms with E-state index < -0.39 is 5.91 Å². The Balaban J connectivity index is 0.00000225. The van der Waals surface area contributed by atoms with Crippen LogP contribution in [0, 0.1) is 6.07 Å². The summed E-state index contributed by atoms with van der Waals surface area (Å²) in [6, 6.07) is 13.5. The van der Waals surface area contributed by atoms with Crippen LogP contribution in [0.2, 0.25) is 5.02 Å². The van der Waals surface area contributed by atoms with Crippen LogP contribution >= 0.6 is 11.6 Å². The van der Waals surface area contributed by atoms with E-state index in [0.717, 1.165) is 22.6 Å². The second kappa shape index (κ2) is 8.56. The van der Waals surface area contributed by atoms with Gasteiger partial charge in [0.15, 0.2) is 0 Å². The van der Waals surface area contributed by atoms with Gasteiger partial charge in [0.1, 0.15) is 11.3 Å². The van der Waals surface area contributed by atoms with E-state index in [9.17, 15) is 9.59 Å². The van der Waals surface area contributed by atoms with Gasteiger partial charge in [-0.1, -0.05) is 29.1 Å². The van der Waals surface area contributed by atoms with Crippen LogP contribution in [-0.2, 0) is 45.8 Å². The van der Waals surface area contributed by atoms with E-state index in [1.807, 2.05) is 16.7 Å². The molecule has 2 N–H and O–H groups in total. The first-order valence-corrected chi connectivity index (χ1v) is 8.77. The first-order valence-electron chi connectivity index (χ1n) is 8.39. The van der Waals surface area contributed by atoms with Crippen molar-refractivity contribution in [1.29, 1.82) is 0 Å². The number of anilines is 1. The fourth-order valence-corrected chi connectivity index (χ4v) is 3.27. The third-order valence-electron chi connectivity index (χ3n) is 4.51. The number of rotatable bonds is 3. The molecule has 2 aromatic carbocycles. The zero-order valence-corrected chi connectivity index (χ0v) is 18.7. The van der Waals surface area contributed by atoms with Gasteiger partial charge in [-0.05, 0) is 28.9 Å². The van der Waals surface area contributed by atoms with Gasteiger partial charge in [-0.15, -0.1) is 0 Å². The van der Waals surface area contributed by atoms with Crippen molar-refractivity contribution in [3.8, 4) is 0 Å². The van der Waals surface area contributed by atoms with Crippen LogP contribution < -0.4 is 16.1 Å². The predicted octanol–water partition coefficient (Wildman–Crippen LogP) is 2.84. The predicted molar refractivity (Wildman–Crippen MR) is 107 cm³/mol. The Kier molecular flexibility index (Phi) is 6.33. The smallest absolute Gasteiger partial charge is 0.255 e. The molecule has 0 unspecified atom stereocenters. The zero-order chi connectivity index (χ0) is 19.0. The van der Waals surface area contributed by atoms with Gasteiger partial charge in [-0.3, -0.25) is 9.79 Å². The van der Waals surface area contributed by atoms with Gasteiger partial charge >= 0.3 is 0 Å². The van der Waals surface area contributed by atoms with Crippen LogP contribution in [0.5, 0.6) is 0 Å². The molecular formula is C20H16ClN4O2Y-. The fourth-order valence-electron chi connectivity index (χ4n) is 3.14. The number of carbonyl (C=O) groups is 1. The number of nitrogens with zero attached hydrogens (tertiary/aromatic N) is 2. The summed E-state index contributed by atoms with van der Waals surface area (Å²) in [4.78, 5) is 29.7. The van der Waals surface area contributed by atoms with Crippen molar-refractivity contribution in [3.05, 3.63) is 75.0 Å². The Morgan fingerprint density at radius 2 is 2.07 bits per heavy atom. The Labute approximate surface area is 191 Å². The molecule has 0 spiro atoms. The van der Waals surface area contributed by atoms with Gasteiger partial charge in [0.05, 0.1) is 12.1 Å². The topological polar surface area (TPSA) is 75.5 Å². The second-order valence-corrected chi connectivity index (χ2v) is 6.67. The molecule has 0 bridgehead atoms. The number of hydrogen-bond acceptors (Lipinski definition) is 3. The minimum absolute atomic E-state index is 0. The van der Waals surface area contributed by atoms with E-state index in [2.05, 4.69) is 21.7 Å². The molecule has 0 saturated heterocycles. The molecular weight excluding hydrogens is 453 g/mol. The van der Waals surface area contributed by atoms with Crippen molar-refractivity contribution in [2.75, 3.05) is 12.4 Å². The summed E-state index contributed by atoms with van der Waals surface area (Å²) in [7, 11) is 1.69. The van der Waals surface area contributed by atoms with Gasteiger partial charge in [0.25, 0.3) is 5.91 Å². The van der Waals surface area contributed by atoms with E-state index in [1.165, 1.54) is 0 Å². The molecule has 6 nitrogen and oxygen atoms in total. The van der Waals surface area contributed by atoms with E-state index in [0.29, 0.717) is 23.5 Å². The maximum atomic E-state index is 12.9. The summed E-state index contributed by atoms with van der Waals surface area (Å²) in [6.45, 7) is 0.768. The summed E-state index contributed by atoms with van der Waals surface area (Å²) in [6.07, 6.45) is 1.59. The molecule has 28 heavy (non-hydrogen) atoms. The number of amides is 1. The third kappa shape index (κ3) is 3.90. The summed E-state index contributed by atoms with van der Waals surface area (Å²) in [5.74, 6) is 0.332. The normalized spacial score (nSPS) is 13.7. The van der Waals surface area contributed by atoms with Gasteiger partial charge in [-0.2, -0.15) is 18.2 Å². The number of nitrogens with one attached hydrogen (secondary N) is 2. The molecule has 0 aliphatic carbocycles. The standard InChI is InChI=1S/C20H16ClN4O2.Y/c1-22-17-11-25-10-15(19(26)14-3-2-4-16(24-17)18(14)25)20(27)23-9-12-5-7-13(21)8-6-12;/h3-8,10H,9,11H2,1H3,(H,22,24)(H,23,27);/q-1;. The van der Waals surface area contributed by atoms with Gasteiger partial charge < -0.3 is 20.0 Å². The minimum atomic E-state index is -0.417. The quantitative estimate of drug-likeness (QED) is 0.581. The number of pyridine rings is 1. The molecule has 0 saturated carbocycles. The molecule has 0 fully saturated rings. The van der Waals surface area contributed by atoms with Crippen LogP contribution in [0.4, 0.5) is 5.69 Å². The number of amidine groups is 1. The molecule has 1 aliphatic heterocycles. The molecule has 1 aromatic heterocycles. The summed E-state index contributed by atoms with van der Waals surface area (Å²) in [5, 5.41) is 7.07. The zero-order valence-electron chi connectivity index (χ0n) is 15.1. The summed E-state index contributed by atoms with van der Waals surface area (Å²) < 4.78 is 1.87. The van der Waals surface area contributed by atoms with Gasteiger partial charge in [0, 0.05) is 57.5 Å². The van der Waals surface area contributed by atoms with E-state index in [4.69, 9.17) is 11.6 Å². The molecule has 1 amide bonds. The molecule has 2 heterocycles. The van der Waals surface area contributed by atoms with E-state index >= 15 is 0 Å². The van der Waals surface area contributed by atoms with Crippen molar-refractivity contribution in [1.82, 2.24) is 9.88 Å². The van der Waals surface area contributed by atoms with Crippen molar-refractivity contribution in [2.24, 2.45) is 4.99 Å². The van der Waals surface area contributed by atoms with Crippen LogP contribution in [0.3, 0.4) is 0 Å². The van der Waals surface area contributed by atoms with Gasteiger partial charge in [-0.25, -0.2) is 0 Å². The molecule has 139 valence electrons. The first-order chi connectivity index (χ1) is 13.1. The second-order valence-electron chi connectivity index (χ2n) is 6.24. The van der Waals surface area contributed by atoms with E-state index in [1.54, 1.807) is 37.5 Å². The SMILES string of the molecule is CN=C1Cn2cc(C(=O)NCc3ccc(Cl)cc3)c(=O)c3c[c-]cc(c32)N1.[Y]. The average Bonchev–Trinajstić information content (AvgIpc) is 2.69. The molecule has 1 aliphatic rings.